The average molecular weight is 225 g/mol. The molecular formula is C11H13F2NSi. The number of pyridine rings is 1. The van der Waals surface area contributed by atoms with Crippen LogP contribution in [-0.2, 0) is 0 Å². The first kappa shape index (κ1) is 11.9. The van der Waals surface area contributed by atoms with E-state index < -0.39 is 14.5 Å². The molecule has 80 valence electrons. The summed E-state index contributed by atoms with van der Waals surface area (Å²) in [6.07, 6.45) is -1.16. The lowest BCUT2D eigenvalue weighted by atomic mass is 10.2. The van der Waals surface area contributed by atoms with Crippen LogP contribution in [0.5, 0.6) is 0 Å². The van der Waals surface area contributed by atoms with Gasteiger partial charge in [-0.2, -0.15) is 0 Å². The minimum Gasteiger partial charge on any atom is -0.255 e. The van der Waals surface area contributed by atoms with E-state index in [0.717, 1.165) is 0 Å². The van der Waals surface area contributed by atoms with Crippen LogP contribution in [0.1, 0.15) is 17.7 Å². The van der Waals surface area contributed by atoms with Crippen LogP contribution in [-0.4, -0.2) is 13.1 Å². The summed E-state index contributed by atoms with van der Waals surface area (Å²) in [5.41, 5.74) is 3.52. The summed E-state index contributed by atoms with van der Waals surface area (Å²) in [4.78, 5) is 3.58. The van der Waals surface area contributed by atoms with Crippen molar-refractivity contribution < 1.29 is 8.78 Å². The highest BCUT2D eigenvalue weighted by molar-refractivity contribution is 6.83. The van der Waals surface area contributed by atoms with E-state index in [2.05, 4.69) is 36.1 Å². The normalized spacial score (nSPS) is 11.1. The van der Waals surface area contributed by atoms with E-state index in [9.17, 15) is 8.78 Å². The van der Waals surface area contributed by atoms with Crippen molar-refractivity contribution in [3.8, 4) is 11.5 Å². The van der Waals surface area contributed by atoms with E-state index in [0.29, 0.717) is 5.56 Å². The van der Waals surface area contributed by atoms with Gasteiger partial charge in [0.1, 0.15) is 13.8 Å². The first-order valence-electron chi connectivity index (χ1n) is 4.66. The minimum absolute atomic E-state index is 0.211. The van der Waals surface area contributed by atoms with E-state index in [1.807, 2.05) is 0 Å². The molecule has 0 radical (unpaired) electrons. The maximum atomic E-state index is 12.3. The molecule has 0 aliphatic heterocycles. The maximum absolute atomic E-state index is 12.3. The van der Waals surface area contributed by atoms with Crippen LogP contribution in [0.2, 0.25) is 19.6 Å². The fourth-order valence-electron chi connectivity index (χ4n) is 0.905. The molecule has 1 aromatic heterocycles. The highest BCUT2D eigenvalue weighted by Gasteiger charge is 2.09. The molecule has 4 heteroatoms. The number of hydrogen-bond donors (Lipinski definition) is 0. The highest BCUT2D eigenvalue weighted by atomic mass is 28.3. The molecule has 0 atom stereocenters. The molecule has 1 heterocycles. The van der Waals surface area contributed by atoms with Crippen molar-refractivity contribution in [2.24, 2.45) is 0 Å². The lowest BCUT2D eigenvalue weighted by Crippen LogP contribution is -2.16. The fourth-order valence-corrected chi connectivity index (χ4v) is 1.42. The van der Waals surface area contributed by atoms with Gasteiger partial charge in [0, 0.05) is 11.8 Å². The second-order valence-electron chi connectivity index (χ2n) is 4.27. The third-order valence-corrected chi connectivity index (χ3v) is 2.46. The number of alkyl halides is 2. The molecule has 0 saturated carbocycles. The topological polar surface area (TPSA) is 12.9 Å². The Morgan fingerprint density at radius 3 is 2.53 bits per heavy atom. The Balaban J connectivity index is 2.95. The molecule has 1 rings (SSSR count). The predicted octanol–water partition coefficient (Wildman–Crippen LogP) is 3.25. The zero-order valence-corrected chi connectivity index (χ0v) is 10.0. The second-order valence-corrected chi connectivity index (χ2v) is 9.02. The van der Waals surface area contributed by atoms with E-state index >= 15 is 0 Å². The predicted molar refractivity (Wildman–Crippen MR) is 59.4 cm³/mol. The van der Waals surface area contributed by atoms with Gasteiger partial charge in [-0.15, -0.1) is 5.54 Å². The Morgan fingerprint density at radius 2 is 2.00 bits per heavy atom. The Hall–Kier alpha value is -1.21. The van der Waals surface area contributed by atoms with Gasteiger partial charge in [0.15, 0.2) is 0 Å². The number of hydrogen-bond acceptors (Lipinski definition) is 1. The van der Waals surface area contributed by atoms with Crippen molar-refractivity contribution in [1.29, 1.82) is 0 Å². The van der Waals surface area contributed by atoms with Crippen LogP contribution in [0.4, 0.5) is 8.78 Å². The summed E-state index contributed by atoms with van der Waals surface area (Å²) in [6.45, 7) is 6.32. The van der Waals surface area contributed by atoms with E-state index in [4.69, 9.17) is 0 Å². The van der Waals surface area contributed by atoms with Crippen LogP contribution < -0.4 is 0 Å². The van der Waals surface area contributed by atoms with Gasteiger partial charge < -0.3 is 0 Å². The first-order chi connectivity index (χ1) is 6.88. The first-order valence-corrected chi connectivity index (χ1v) is 8.16. The lowest BCUT2D eigenvalue weighted by Gasteiger charge is -2.03. The minimum atomic E-state index is -2.53. The summed E-state index contributed by atoms with van der Waals surface area (Å²) >= 11 is 0. The zero-order chi connectivity index (χ0) is 11.5. The number of halogens is 2. The van der Waals surface area contributed by atoms with Crippen LogP contribution in [0.15, 0.2) is 18.3 Å². The maximum Gasteiger partial charge on any atom is 0.280 e. The van der Waals surface area contributed by atoms with Crippen molar-refractivity contribution in [3.63, 3.8) is 0 Å². The number of nitrogens with zero attached hydrogens (tertiary/aromatic N) is 1. The molecule has 0 N–H and O–H groups in total. The van der Waals surface area contributed by atoms with Crippen molar-refractivity contribution in [3.05, 3.63) is 29.6 Å². The third kappa shape index (κ3) is 4.22. The molecule has 0 saturated heterocycles. The molecule has 1 nitrogen and oxygen atoms in total. The van der Waals surface area contributed by atoms with Gasteiger partial charge in [-0.25, -0.2) is 8.78 Å². The Kier molecular flexibility index (Phi) is 3.59. The molecule has 0 unspecified atom stereocenters. The summed E-state index contributed by atoms with van der Waals surface area (Å²) in [5, 5.41) is 0. The molecule has 0 aliphatic rings. The molecular weight excluding hydrogens is 212 g/mol. The Bertz CT molecular complexity index is 399. The number of aromatic nitrogens is 1. The molecule has 15 heavy (non-hydrogen) atoms. The Morgan fingerprint density at radius 1 is 1.33 bits per heavy atom. The van der Waals surface area contributed by atoms with Gasteiger partial charge in [-0.3, -0.25) is 4.98 Å². The second kappa shape index (κ2) is 4.54. The smallest absolute Gasteiger partial charge is 0.255 e. The average Bonchev–Trinajstić information content (AvgIpc) is 2.14. The summed E-state index contributed by atoms with van der Waals surface area (Å²) in [5.74, 6) is 2.92. The molecule has 0 bridgehead atoms. The fraction of sp³-hybridized carbons (Fsp3) is 0.364. The van der Waals surface area contributed by atoms with Crippen molar-refractivity contribution in [2.75, 3.05) is 0 Å². The van der Waals surface area contributed by atoms with Crippen LogP contribution in [0, 0.1) is 11.5 Å². The SMILES string of the molecule is C[Si](C)(C)C#Cc1ccnc(C(F)F)c1. The summed E-state index contributed by atoms with van der Waals surface area (Å²) in [7, 11) is -1.45. The zero-order valence-electron chi connectivity index (χ0n) is 9.01. The lowest BCUT2D eigenvalue weighted by molar-refractivity contribution is 0.146. The molecule has 1 aromatic rings. The Labute approximate surface area is 89.6 Å². The number of rotatable bonds is 1. The van der Waals surface area contributed by atoms with Gasteiger partial charge in [0.05, 0.1) is 0 Å². The van der Waals surface area contributed by atoms with Crippen molar-refractivity contribution >= 4 is 8.07 Å². The quantitative estimate of drug-likeness (QED) is 0.528. The van der Waals surface area contributed by atoms with Gasteiger partial charge in [0.25, 0.3) is 6.43 Å². The molecule has 0 amide bonds. The van der Waals surface area contributed by atoms with E-state index in [-0.39, 0.29) is 5.69 Å². The van der Waals surface area contributed by atoms with Crippen LogP contribution in [0.3, 0.4) is 0 Å². The molecule has 0 aromatic carbocycles. The van der Waals surface area contributed by atoms with Gasteiger partial charge in [-0.1, -0.05) is 25.6 Å². The van der Waals surface area contributed by atoms with Crippen LogP contribution in [0.25, 0.3) is 0 Å². The van der Waals surface area contributed by atoms with Gasteiger partial charge in [-0.05, 0) is 12.1 Å². The highest BCUT2D eigenvalue weighted by Crippen LogP contribution is 2.16. The monoisotopic (exact) mass is 225 g/mol. The third-order valence-electron chi connectivity index (χ3n) is 1.59. The molecule has 0 aliphatic carbocycles. The largest absolute Gasteiger partial charge is 0.280 e. The van der Waals surface area contributed by atoms with Crippen molar-refractivity contribution in [1.82, 2.24) is 4.98 Å². The van der Waals surface area contributed by atoms with E-state index in [1.165, 1.54) is 12.3 Å². The van der Waals surface area contributed by atoms with Gasteiger partial charge >= 0.3 is 0 Å². The standard InChI is InChI=1S/C11H13F2NSi/c1-15(2,3)7-5-9-4-6-14-10(8-9)11(12)13/h4,6,8,11H,1-3H3. The van der Waals surface area contributed by atoms with Crippen molar-refractivity contribution in [2.45, 2.75) is 26.1 Å². The van der Waals surface area contributed by atoms with Gasteiger partial charge in [0.2, 0.25) is 0 Å². The van der Waals surface area contributed by atoms with Crippen LogP contribution >= 0.6 is 0 Å². The molecule has 0 spiro atoms. The summed E-state index contributed by atoms with van der Waals surface area (Å²) < 4.78 is 24.6. The molecule has 0 fully saturated rings. The summed E-state index contributed by atoms with van der Waals surface area (Å²) in [6, 6.07) is 3.00. The van der Waals surface area contributed by atoms with E-state index in [1.54, 1.807) is 6.07 Å².